The molecule has 2 aliphatic heterocycles. The van der Waals surface area contributed by atoms with E-state index in [2.05, 4.69) is 38.8 Å². The van der Waals surface area contributed by atoms with Gasteiger partial charge in [0, 0.05) is 25.7 Å². The van der Waals surface area contributed by atoms with Crippen molar-refractivity contribution in [2.24, 2.45) is 0 Å². The Morgan fingerprint density at radius 2 is 2.18 bits per heavy atom. The molecule has 2 aliphatic rings. The third-order valence-electron chi connectivity index (χ3n) is 4.65. The predicted octanol–water partition coefficient (Wildman–Crippen LogP) is 0.730. The Kier molecular flexibility index (Phi) is 4.44. The van der Waals surface area contributed by atoms with Crippen LogP contribution >= 0.6 is 0 Å². The first-order valence-corrected chi connectivity index (χ1v) is 8.09. The van der Waals surface area contributed by atoms with Crippen LogP contribution in [0.4, 0.5) is 0 Å². The van der Waals surface area contributed by atoms with Crippen molar-refractivity contribution in [1.29, 1.82) is 0 Å². The SMILES string of the molecule is CC(C)n1cnnc1CN1CCC2(CC1)CC(=O)NCCO2. The number of carbonyl (C=O) groups is 1. The van der Waals surface area contributed by atoms with Gasteiger partial charge in [-0.05, 0) is 26.7 Å². The molecule has 2 fully saturated rings. The van der Waals surface area contributed by atoms with E-state index >= 15 is 0 Å². The summed E-state index contributed by atoms with van der Waals surface area (Å²) in [4.78, 5) is 14.2. The van der Waals surface area contributed by atoms with Crippen LogP contribution in [-0.2, 0) is 16.1 Å². The number of aromatic nitrogens is 3. The van der Waals surface area contributed by atoms with Crippen molar-refractivity contribution in [1.82, 2.24) is 25.0 Å². The Bertz CT molecular complexity index is 520. The molecule has 0 radical (unpaired) electrons. The minimum Gasteiger partial charge on any atom is -0.373 e. The van der Waals surface area contributed by atoms with Gasteiger partial charge in [0.1, 0.15) is 12.2 Å². The van der Waals surface area contributed by atoms with Crippen LogP contribution in [0.5, 0.6) is 0 Å². The lowest BCUT2D eigenvalue weighted by Gasteiger charge is -2.40. The maximum absolute atomic E-state index is 11.8. The number of likely N-dealkylation sites (tertiary alicyclic amines) is 1. The van der Waals surface area contributed by atoms with E-state index in [0.29, 0.717) is 25.6 Å². The molecule has 1 N–H and O–H groups in total. The average Bonchev–Trinajstić information content (AvgIpc) is 2.87. The van der Waals surface area contributed by atoms with Crippen LogP contribution in [0.3, 0.4) is 0 Å². The highest BCUT2D eigenvalue weighted by atomic mass is 16.5. The number of nitrogens with zero attached hydrogens (tertiary/aromatic N) is 4. The van der Waals surface area contributed by atoms with Crippen molar-refractivity contribution in [2.75, 3.05) is 26.2 Å². The summed E-state index contributed by atoms with van der Waals surface area (Å²) in [5, 5.41) is 11.1. The minimum absolute atomic E-state index is 0.116. The maximum Gasteiger partial charge on any atom is 0.222 e. The summed E-state index contributed by atoms with van der Waals surface area (Å²) in [6.07, 6.45) is 4.08. The van der Waals surface area contributed by atoms with Crippen molar-refractivity contribution in [2.45, 2.75) is 51.3 Å². The van der Waals surface area contributed by atoms with Gasteiger partial charge in [-0.15, -0.1) is 10.2 Å². The van der Waals surface area contributed by atoms with Gasteiger partial charge >= 0.3 is 0 Å². The summed E-state index contributed by atoms with van der Waals surface area (Å²) in [5.74, 6) is 1.12. The van der Waals surface area contributed by atoms with Gasteiger partial charge in [-0.1, -0.05) is 0 Å². The fourth-order valence-corrected chi connectivity index (χ4v) is 3.31. The van der Waals surface area contributed by atoms with E-state index < -0.39 is 0 Å². The molecule has 122 valence electrons. The minimum atomic E-state index is -0.261. The first-order chi connectivity index (χ1) is 10.6. The largest absolute Gasteiger partial charge is 0.373 e. The lowest BCUT2D eigenvalue weighted by Crippen LogP contribution is -2.47. The molecule has 0 unspecified atom stereocenters. The average molecular weight is 307 g/mol. The molecule has 1 aromatic rings. The number of carbonyl (C=O) groups excluding carboxylic acids is 1. The third-order valence-corrected chi connectivity index (χ3v) is 4.65. The normalized spacial score (nSPS) is 22.8. The summed E-state index contributed by atoms with van der Waals surface area (Å²) >= 11 is 0. The Morgan fingerprint density at radius 1 is 1.41 bits per heavy atom. The van der Waals surface area contributed by atoms with E-state index in [9.17, 15) is 4.79 Å². The van der Waals surface area contributed by atoms with E-state index in [4.69, 9.17) is 4.74 Å². The van der Waals surface area contributed by atoms with Crippen LogP contribution in [-0.4, -0.2) is 57.4 Å². The van der Waals surface area contributed by atoms with Crippen LogP contribution < -0.4 is 5.32 Å². The molecule has 0 saturated carbocycles. The highest BCUT2D eigenvalue weighted by Gasteiger charge is 2.38. The molecule has 7 heteroatoms. The van der Waals surface area contributed by atoms with Crippen molar-refractivity contribution in [3.63, 3.8) is 0 Å². The molecule has 0 atom stereocenters. The van der Waals surface area contributed by atoms with E-state index in [-0.39, 0.29) is 11.5 Å². The Hall–Kier alpha value is -1.47. The number of hydrogen-bond donors (Lipinski definition) is 1. The van der Waals surface area contributed by atoms with Crippen LogP contribution in [0.25, 0.3) is 0 Å². The molecular formula is C15H25N5O2. The van der Waals surface area contributed by atoms with E-state index in [1.165, 1.54) is 0 Å². The number of piperidine rings is 1. The first kappa shape index (κ1) is 15.4. The van der Waals surface area contributed by atoms with E-state index in [1.807, 2.05) is 0 Å². The van der Waals surface area contributed by atoms with Gasteiger partial charge in [0.05, 0.1) is 25.2 Å². The van der Waals surface area contributed by atoms with Gasteiger partial charge in [0.2, 0.25) is 5.91 Å². The number of hydrogen-bond acceptors (Lipinski definition) is 5. The number of ether oxygens (including phenoxy) is 1. The van der Waals surface area contributed by atoms with Gasteiger partial charge in [0.15, 0.2) is 0 Å². The lowest BCUT2D eigenvalue weighted by molar-refractivity contribution is -0.128. The van der Waals surface area contributed by atoms with Gasteiger partial charge in [-0.3, -0.25) is 9.69 Å². The quantitative estimate of drug-likeness (QED) is 0.891. The number of rotatable bonds is 3. The standard InChI is InChI=1S/C15H25N5O2/c1-12(2)20-11-17-18-13(20)10-19-6-3-15(4-7-19)9-14(21)16-5-8-22-15/h11-12H,3-10H2,1-2H3,(H,16,21). The zero-order chi connectivity index (χ0) is 15.6. The molecule has 1 spiro atoms. The van der Waals surface area contributed by atoms with Crippen LogP contribution in [0.15, 0.2) is 6.33 Å². The van der Waals surface area contributed by atoms with Crippen molar-refractivity contribution in [3.05, 3.63) is 12.2 Å². The topological polar surface area (TPSA) is 72.3 Å². The molecule has 1 amide bonds. The van der Waals surface area contributed by atoms with Gasteiger partial charge in [-0.2, -0.15) is 0 Å². The Morgan fingerprint density at radius 3 is 2.91 bits per heavy atom. The second kappa shape index (κ2) is 6.34. The summed E-state index contributed by atoms with van der Waals surface area (Å²) in [6, 6.07) is 0.370. The summed E-state index contributed by atoms with van der Waals surface area (Å²) in [7, 11) is 0. The lowest BCUT2D eigenvalue weighted by atomic mass is 9.87. The summed E-state index contributed by atoms with van der Waals surface area (Å²) in [6.45, 7) is 8.18. The van der Waals surface area contributed by atoms with Gasteiger partial charge < -0.3 is 14.6 Å². The molecule has 22 heavy (non-hydrogen) atoms. The number of nitrogens with one attached hydrogen (secondary N) is 1. The van der Waals surface area contributed by atoms with Crippen LogP contribution in [0, 0.1) is 0 Å². The zero-order valence-corrected chi connectivity index (χ0v) is 13.4. The fourth-order valence-electron chi connectivity index (χ4n) is 3.31. The molecule has 3 heterocycles. The molecule has 3 rings (SSSR count). The second-order valence-electron chi connectivity index (χ2n) is 6.58. The maximum atomic E-state index is 11.8. The third kappa shape index (κ3) is 3.30. The summed E-state index contributed by atoms with van der Waals surface area (Å²) < 4.78 is 8.12. The number of amides is 1. The summed E-state index contributed by atoms with van der Waals surface area (Å²) in [5.41, 5.74) is -0.261. The molecular weight excluding hydrogens is 282 g/mol. The zero-order valence-electron chi connectivity index (χ0n) is 13.4. The highest BCUT2D eigenvalue weighted by Crippen LogP contribution is 2.31. The van der Waals surface area contributed by atoms with Crippen LogP contribution in [0.2, 0.25) is 0 Å². The molecule has 0 aliphatic carbocycles. The highest BCUT2D eigenvalue weighted by molar-refractivity contribution is 5.77. The molecule has 7 nitrogen and oxygen atoms in total. The molecule has 2 saturated heterocycles. The van der Waals surface area contributed by atoms with E-state index in [1.54, 1.807) is 6.33 Å². The Labute approximate surface area is 131 Å². The van der Waals surface area contributed by atoms with Gasteiger partial charge in [-0.25, -0.2) is 0 Å². The molecule has 0 aromatic carbocycles. The van der Waals surface area contributed by atoms with Crippen LogP contribution in [0.1, 0.15) is 45.0 Å². The Balaban J connectivity index is 1.59. The fraction of sp³-hybridized carbons (Fsp3) is 0.800. The smallest absolute Gasteiger partial charge is 0.222 e. The van der Waals surface area contributed by atoms with Crippen molar-refractivity contribution >= 4 is 5.91 Å². The molecule has 1 aromatic heterocycles. The van der Waals surface area contributed by atoms with Gasteiger partial charge in [0.25, 0.3) is 0 Å². The molecule has 0 bridgehead atoms. The first-order valence-electron chi connectivity index (χ1n) is 8.09. The monoisotopic (exact) mass is 307 g/mol. The van der Waals surface area contributed by atoms with Crippen molar-refractivity contribution < 1.29 is 9.53 Å². The second-order valence-corrected chi connectivity index (χ2v) is 6.58. The van der Waals surface area contributed by atoms with Crippen molar-refractivity contribution in [3.8, 4) is 0 Å². The van der Waals surface area contributed by atoms with E-state index in [0.717, 1.165) is 38.3 Å². The predicted molar refractivity (Wildman–Crippen MR) is 81.2 cm³/mol.